The fraction of sp³-hybridized carbons (Fsp3) is 0.455. The summed E-state index contributed by atoms with van der Waals surface area (Å²) in [4.78, 5) is 0. The third kappa shape index (κ3) is 2.62. The summed E-state index contributed by atoms with van der Waals surface area (Å²) in [7, 11) is 0. The summed E-state index contributed by atoms with van der Waals surface area (Å²) >= 11 is 11.6. The van der Waals surface area contributed by atoms with E-state index in [9.17, 15) is 0 Å². The first kappa shape index (κ1) is 10.9. The Balaban J connectivity index is 3.08. The van der Waals surface area contributed by atoms with Crippen LogP contribution in [0.15, 0.2) is 18.2 Å². The van der Waals surface area contributed by atoms with Crippen LogP contribution in [0.3, 0.4) is 0 Å². The SMILES string of the molecule is CC(C)c1ccc(CCl)cc1CCl. The van der Waals surface area contributed by atoms with E-state index < -0.39 is 0 Å². The number of halogens is 2. The van der Waals surface area contributed by atoms with Gasteiger partial charge in [0.2, 0.25) is 0 Å². The van der Waals surface area contributed by atoms with Crippen LogP contribution in [-0.4, -0.2) is 0 Å². The van der Waals surface area contributed by atoms with Gasteiger partial charge in [0, 0.05) is 11.8 Å². The van der Waals surface area contributed by atoms with E-state index in [0.29, 0.717) is 17.7 Å². The molecule has 0 aliphatic heterocycles. The Morgan fingerprint density at radius 1 is 1.15 bits per heavy atom. The number of hydrogen-bond donors (Lipinski definition) is 0. The topological polar surface area (TPSA) is 0 Å². The molecule has 0 unspecified atom stereocenters. The van der Waals surface area contributed by atoms with Crippen LogP contribution < -0.4 is 0 Å². The van der Waals surface area contributed by atoms with E-state index in [2.05, 4.69) is 32.0 Å². The number of hydrogen-bond acceptors (Lipinski definition) is 0. The van der Waals surface area contributed by atoms with Gasteiger partial charge in [0.1, 0.15) is 0 Å². The molecule has 13 heavy (non-hydrogen) atoms. The van der Waals surface area contributed by atoms with Gasteiger partial charge in [-0.05, 0) is 22.6 Å². The second-order valence-corrected chi connectivity index (χ2v) is 3.99. The minimum atomic E-state index is 0.526. The van der Waals surface area contributed by atoms with E-state index in [4.69, 9.17) is 23.2 Å². The average molecular weight is 217 g/mol. The summed E-state index contributed by atoms with van der Waals surface area (Å²) in [6, 6.07) is 6.29. The maximum atomic E-state index is 5.86. The molecule has 0 saturated carbocycles. The molecule has 0 bridgehead atoms. The molecule has 1 aromatic rings. The maximum absolute atomic E-state index is 5.86. The molecule has 0 spiro atoms. The molecule has 0 aliphatic rings. The molecule has 0 aromatic heterocycles. The van der Waals surface area contributed by atoms with Gasteiger partial charge in [0.25, 0.3) is 0 Å². The highest BCUT2D eigenvalue weighted by atomic mass is 35.5. The van der Waals surface area contributed by atoms with Gasteiger partial charge in [-0.15, -0.1) is 23.2 Å². The number of alkyl halides is 2. The average Bonchev–Trinajstić information content (AvgIpc) is 2.16. The minimum absolute atomic E-state index is 0.526. The van der Waals surface area contributed by atoms with Gasteiger partial charge in [-0.1, -0.05) is 32.0 Å². The standard InChI is InChI=1S/C11H14Cl2/c1-8(2)11-4-3-9(6-12)5-10(11)7-13/h3-5,8H,6-7H2,1-2H3. The van der Waals surface area contributed by atoms with Crippen LogP contribution in [0.5, 0.6) is 0 Å². The van der Waals surface area contributed by atoms with Crippen molar-refractivity contribution in [3.63, 3.8) is 0 Å². The minimum Gasteiger partial charge on any atom is -0.122 e. The van der Waals surface area contributed by atoms with E-state index in [1.54, 1.807) is 0 Å². The van der Waals surface area contributed by atoms with Gasteiger partial charge in [-0.25, -0.2) is 0 Å². The molecule has 0 saturated heterocycles. The predicted molar refractivity (Wildman–Crippen MR) is 59.6 cm³/mol. The maximum Gasteiger partial charge on any atom is 0.0477 e. The Bertz CT molecular complexity index is 279. The molecule has 1 rings (SSSR count). The van der Waals surface area contributed by atoms with Crippen LogP contribution in [0.25, 0.3) is 0 Å². The van der Waals surface area contributed by atoms with E-state index in [0.717, 1.165) is 5.56 Å². The Labute approximate surface area is 89.9 Å². The molecular weight excluding hydrogens is 203 g/mol. The molecule has 0 aliphatic carbocycles. The molecule has 0 atom stereocenters. The predicted octanol–water partition coefficient (Wildman–Crippen LogP) is 4.29. The van der Waals surface area contributed by atoms with Gasteiger partial charge in [0.05, 0.1) is 0 Å². The second kappa shape index (κ2) is 4.88. The third-order valence-corrected chi connectivity index (χ3v) is 2.72. The van der Waals surface area contributed by atoms with Crippen molar-refractivity contribution in [1.29, 1.82) is 0 Å². The highest BCUT2D eigenvalue weighted by Gasteiger charge is 2.05. The van der Waals surface area contributed by atoms with E-state index in [1.807, 2.05) is 0 Å². The zero-order valence-corrected chi connectivity index (χ0v) is 9.49. The molecule has 0 radical (unpaired) electrons. The van der Waals surface area contributed by atoms with Crippen LogP contribution >= 0.6 is 23.2 Å². The lowest BCUT2D eigenvalue weighted by atomic mass is 9.96. The second-order valence-electron chi connectivity index (χ2n) is 3.46. The molecule has 0 amide bonds. The van der Waals surface area contributed by atoms with Crippen LogP contribution in [0.2, 0.25) is 0 Å². The summed E-state index contributed by atoms with van der Waals surface area (Å²) in [6.07, 6.45) is 0. The molecular formula is C11H14Cl2. The van der Waals surface area contributed by atoms with Crippen molar-refractivity contribution in [2.24, 2.45) is 0 Å². The highest BCUT2D eigenvalue weighted by Crippen LogP contribution is 2.22. The smallest absolute Gasteiger partial charge is 0.0477 e. The largest absolute Gasteiger partial charge is 0.122 e. The Morgan fingerprint density at radius 3 is 2.31 bits per heavy atom. The lowest BCUT2D eigenvalue weighted by Gasteiger charge is -2.11. The highest BCUT2D eigenvalue weighted by molar-refractivity contribution is 6.17. The monoisotopic (exact) mass is 216 g/mol. The van der Waals surface area contributed by atoms with Gasteiger partial charge < -0.3 is 0 Å². The van der Waals surface area contributed by atoms with Crippen molar-refractivity contribution in [2.75, 3.05) is 0 Å². The van der Waals surface area contributed by atoms with Crippen molar-refractivity contribution >= 4 is 23.2 Å². The number of rotatable bonds is 3. The van der Waals surface area contributed by atoms with Crippen LogP contribution in [0.1, 0.15) is 36.5 Å². The fourth-order valence-corrected chi connectivity index (χ4v) is 1.82. The molecule has 0 N–H and O–H groups in total. The molecule has 0 fully saturated rings. The van der Waals surface area contributed by atoms with E-state index in [1.165, 1.54) is 11.1 Å². The lowest BCUT2D eigenvalue weighted by Crippen LogP contribution is -1.95. The van der Waals surface area contributed by atoms with Crippen molar-refractivity contribution < 1.29 is 0 Å². The van der Waals surface area contributed by atoms with Crippen molar-refractivity contribution in [3.05, 3.63) is 34.9 Å². The summed E-state index contributed by atoms with van der Waals surface area (Å²) in [6.45, 7) is 4.34. The van der Waals surface area contributed by atoms with Crippen LogP contribution in [0, 0.1) is 0 Å². The Hall–Kier alpha value is -0.200. The summed E-state index contributed by atoms with van der Waals surface area (Å²) in [5.41, 5.74) is 3.67. The van der Waals surface area contributed by atoms with Gasteiger partial charge in [-0.3, -0.25) is 0 Å². The third-order valence-electron chi connectivity index (χ3n) is 2.13. The first-order valence-electron chi connectivity index (χ1n) is 4.42. The molecule has 1 aromatic carbocycles. The molecule has 0 nitrogen and oxygen atoms in total. The zero-order valence-electron chi connectivity index (χ0n) is 7.98. The zero-order chi connectivity index (χ0) is 9.84. The first-order valence-corrected chi connectivity index (χ1v) is 5.49. The van der Waals surface area contributed by atoms with E-state index in [-0.39, 0.29) is 0 Å². The fourth-order valence-electron chi connectivity index (χ4n) is 1.42. The van der Waals surface area contributed by atoms with Crippen molar-refractivity contribution in [1.82, 2.24) is 0 Å². The quantitative estimate of drug-likeness (QED) is 0.662. The van der Waals surface area contributed by atoms with E-state index >= 15 is 0 Å². The van der Waals surface area contributed by atoms with Crippen molar-refractivity contribution in [3.8, 4) is 0 Å². The molecule has 72 valence electrons. The summed E-state index contributed by atoms with van der Waals surface area (Å²) in [5.74, 6) is 1.65. The first-order chi connectivity index (χ1) is 6.19. The summed E-state index contributed by atoms with van der Waals surface area (Å²) < 4.78 is 0. The normalized spacial score (nSPS) is 10.8. The van der Waals surface area contributed by atoms with Gasteiger partial charge in [-0.2, -0.15) is 0 Å². The summed E-state index contributed by atoms with van der Waals surface area (Å²) in [5, 5.41) is 0. The number of benzene rings is 1. The van der Waals surface area contributed by atoms with Gasteiger partial charge in [0.15, 0.2) is 0 Å². The molecule has 0 heterocycles. The molecule has 2 heteroatoms. The Morgan fingerprint density at radius 2 is 1.85 bits per heavy atom. The Kier molecular flexibility index (Phi) is 4.08. The van der Waals surface area contributed by atoms with Crippen molar-refractivity contribution in [2.45, 2.75) is 31.5 Å². The van der Waals surface area contributed by atoms with Crippen LogP contribution in [0.4, 0.5) is 0 Å². The lowest BCUT2D eigenvalue weighted by molar-refractivity contribution is 0.853. The van der Waals surface area contributed by atoms with Gasteiger partial charge >= 0.3 is 0 Å². The van der Waals surface area contributed by atoms with Crippen LogP contribution in [-0.2, 0) is 11.8 Å².